The Morgan fingerprint density at radius 2 is 2.15 bits per heavy atom. The topological polar surface area (TPSA) is 136 Å². The maximum Gasteiger partial charge on any atom is 0.276 e. The monoisotopic (exact) mass is 424 g/mol. The summed E-state index contributed by atoms with van der Waals surface area (Å²) in [6, 6.07) is 1.63. The van der Waals surface area contributed by atoms with Gasteiger partial charge in [-0.2, -0.15) is 4.31 Å². The number of nitrogens with zero attached hydrogens (tertiary/aromatic N) is 2. The van der Waals surface area contributed by atoms with E-state index in [2.05, 4.69) is 5.32 Å². The fourth-order valence-corrected chi connectivity index (χ4v) is 4.40. The summed E-state index contributed by atoms with van der Waals surface area (Å²) in [4.78, 5) is 21.8. The number of amides is 1. The molecular formula is C15H22ClFN4O5S. The molecule has 1 atom stereocenters. The van der Waals surface area contributed by atoms with E-state index < -0.39 is 37.3 Å². The van der Waals surface area contributed by atoms with E-state index in [1.54, 1.807) is 0 Å². The van der Waals surface area contributed by atoms with E-state index in [0.717, 1.165) is 16.4 Å². The van der Waals surface area contributed by atoms with Gasteiger partial charge in [0.1, 0.15) is 5.82 Å². The van der Waals surface area contributed by atoms with E-state index in [0.29, 0.717) is 12.8 Å². The first-order chi connectivity index (χ1) is 12.2. The molecule has 2 rings (SSSR count). The number of carbonyl (C=O) groups excluding carboxylic acids is 1. The fraction of sp³-hybridized carbons (Fsp3) is 0.533. The van der Waals surface area contributed by atoms with E-state index in [1.807, 2.05) is 0 Å². The van der Waals surface area contributed by atoms with Gasteiger partial charge < -0.3 is 11.1 Å². The molecule has 0 radical (unpaired) electrons. The van der Waals surface area contributed by atoms with Crippen LogP contribution in [0.2, 0.25) is 0 Å². The summed E-state index contributed by atoms with van der Waals surface area (Å²) >= 11 is 0. The Kier molecular flexibility index (Phi) is 8.08. The fourth-order valence-electron chi connectivity index (χ4n) is 2.84. The molecule has 0 aliphatic carbocycles. The van der Waals surface area contributed by atoms with Crippen LogP contribution in [0.4, 0.5) is 10.1 Å². The van der Waals surface area contributed by atoms with Crippen molar-refractivity contribution in [1.82, 2.24) is 9.62 Å². The normalized spacial score (nSPS) is 17.8. The first kappa shape index (κ1) is 23.2. The lowest BCUT2D eigenvalue weighted by atomic mass is 9.99. The zero-order valence-electron chi connectivity index (χ0n) is 14.7. The second-order valence-electron chi connectivity index (χ2n) is 6.09. The van der Waals surface area contributed by atoms with Gasteiger partial charge >= 0.3 is 0 Å². The van der Waals surface area contributed by atoms with Crippen molar-refractivity contribution in [1.29, 1.82) is 0 Å². The minimum Gasteiger partial charge on any atom is -0.355 e. The molecule has 1 aromatic rings. The molecule has 0 saturated carbocycles. The Hall–Kier alpha value is -1.82. The number of hydrogen-bond acceptors (Lipinski definition) is 6. The number of nitro benzene ring substituents is 1. The smallest absolute Gasteiger partial charge is 0.276 e. The highest BCUT2D eigenvalue weighted by molar-refractivity contribution is 7.89. The summed E-state index contributed by atoms with van der Waals surface area (Å²) in [6.45, 7) is 1.86. The van der Waals surface area contributed by atoms with Crippen LogP contribution in [0.25, 0.3) is 0 Å². The highest BCUT2D eigenvalue weighted by Crippen LogP contribution is 2.29. The first-order valence-electron chi connectivity index (χ1n) is 8.11. The molecule has 1 heterocycles. The van der Waals surface area contributed by atoms with E-state index in [-0.39, 0.29) is 50.1 Å². The molecule has 1 unspecified atom stereocenters. The van der Waals surface area contributed by atoms with E-state index in [1.165, 1.54) is 6.92 Å². The Morgan fingerprint density at radius 3 is 2.74 bits per heavy atom. The summed E-state index contributed by atoms with van der Waals surface area (Å²) in [5.74, 6) is -1.81. The number of halogens is 2. The predicted molar refractivity (Wildman–Crippen MR) is 98.6 cm³/mol. The summed E-state index contributed by atoms with van der Waals surface area (Å²) in [6.07, 6.45) is 0.973. The maximum atomic E-state index is 14.0. The average molecular weight is 425 g/mol. The van der Waals surface area contributed by atoms with Gasteiger partial charge in [0.15, 0.2) is 0 Å². The summed E-state index contributed by atoms with van der Waals surface area (Å²) in [7, 11) is -4.16. The lowest BCUT2D eigenvalue weighted by Crippen LogP contribution is -2.46. The van der Waals surface area contributed by atoms with E-state index in [9.17, 15) is 27.7 Å². The largest absolute Gasteiger partial charge is 0.355 e. The number of sulfonamides is 1. The number of rotatable bonds is 6. The lowest BCUT2D eigenvalue weighted by Gasteiger charge is -2.31. The maximum absolute atomic E-state index is 14.0. The van der Waals surface area contributed by atoms with Gasteiger partial charge in [0.25, 0.3) is 5.69 Å². The summed E-state index contributed by atoms with van der Waals surface area (Å²) in [5, 5.41) is 13.7. The number of benzene rings is 1. The molecule has 1 fully saturated rings. The van der Waals surface area contributed by atoms with Gasteiger partial charge in [0.05, 0.1) is 21.3 Å². The van der Waals surface area contributed by atoms with Crippen molar-refractivity contribution in [3.05, 3.63) is 33.6 Å². The zero-order chi connectivity index (χ0) is 19.5. The van der Waals surface area contributed by atoms with Crippen LogP contribution in [0.1, 0.15) is 18.4 Å². The second-order valence-corrected chi connectivity index (χ2v) is 8.03. The van der Waals surface area contributed by atoms with Crippen molar-refractivity contribution in [3.63, 3.8) is 0 Å². The van der Waals surface area contributed by atoms with Crippen molar-refractivity contribution in [3.8, 4) is 0 Å². The molecule has 0 spiro atoms. The third kappa shape index (κ3) is 5.12. The van der Waals surface area contributed by atoms with Crippen LogP contribution in [-0.2, 0) is 14.8 Å². The van der Waals surface area contributed by atoms with Crippen LogP contribution >= 0.6 is 12.4 Å². The van der Waals surface area contributed by atoms with Crippen LogP contribution in [0, 0.1) is 28.8 Å². The molecule has 1 aliphatic rings. The minimum absolute atomic E-state index is 0. The molecule has 1 saturated heterocycles. The molecule has 3 N–H and O–H groups in total. The number of piperidine rings is 1. The summed E-state index contributed by atoms with van der Waals surface area (Å²) < 4.78 is 40.6. The van der Waals surface area contributed by atoms with Gasteiger partial charge in [-0.05, 0) is 25.8 Å². The Morgan fingerprint density at radius 1 is 1.48 bits per heavy atom. The lowest BCUT2D eigenvalue weighted by molar-refractivity contribution is -0.385. The molecule has 0 bridgehead atoms. The van der Waals surface area contributed by atoms with E-state index in [4.69, 9.17) is 5.73 Å². The van der Waals surface area contributed by atoms with Crippen LogP contribution in [0.5, 0.6) is 0 Å². The molecule has 152 valence electrons. The Bertz CT molecular complexity index is 821. The molecule has 1 aliphatic heterocycles. The van der Waals surface area contributed by atoms with Gasteiger partial charge in [-0.1, -0.05) is 0 Å². The van der Waals surface area contributed by atoms with Gasteiger partial charge in [-0.25, -0.2) is 12.8 Å². The van der Waals surface area contributed by atoms with Crippen LogP contribution in [0.3, 0.4) is 0 Å². The highest BCUT2D eigenvalue weighted by atomic mass is 35.5. The summed E-state index contributed by atoms with van der Waals surface area (Å²) in [5.41, 5.74) is 4.50. The van der Waals surface area contributed by atoms with Crippen molar-refractivity contribution >= 4 is 34.0 Å². The first-order valence-corrected chi connectivity index (χ1v) is 9.55. The minimum atomic E-state index is -4.16. The number of hydrogen-bond donors (Lipinski definition) is 2. The van der Waals surface area contributed by atoms with Crippen LogP contribution in [0.15, 0.2) is 17.0 Å². The third-order valence-corrected chi connectivity index (χ3v) is 6.17. The second kappa shape index (κ2) is 9.40. The van der Waals surface area contributed by atoms with Crippen molar-refractivity contribution in [2.75, 3.05) is 26.2 Å². The standard InChI is InChI=1S/C15H21FN4O5S.ClH/c1-10-13(16)7-12(8-14(10)20(22)23)26(24,25)19-6-2-3-11(9-19)15(21)18-5-4-17;/h7-8,11H,2-6,9,17H2,1H3,(H,18,21);1H. The molecule has 1 aromatic carbocycles. The molecule has 12 heteroatoms. The molecule has 0 aromatic heterocycles. The Labute approximate surface area is 162 Å². The average Bonchev–Trinajstić information content (AvgIpc) is 2.61. The number of nitrogens with two attached hydrogens (primary N) is 1. The quantitative estimate of drug-likeness (QED) is 0.515. The Balaban J connectivity index is 0.00000364. The van der Waals surface area contributed by atoms with Gasteiger partial charge in [0.2, 0.25) is 15.9 Å². The van der Waals surface area contributed by atoms with Gasteiger partial charge in [0, 0.05) is 32.2 Å². The predicted octanol–water partition coefficient (Wildman–Crippen LogP) is 0.940. The van der Waals surface area contributed by atoms with Crippen molar-refractivity contribution in [2.24, 2.45) is 11.7 Å². The SMILES string of the molecule is Cc1c(F)cc(S(=O)(=O)N2CCCC(C(=O)NCCN)C2)cc1[N+](=O)[O-].Cl. The van der Waals surface area contributed by atoms with Gasteiger partial charge in [-0.3, -0.25) is 14.9 Å². The van der Waals surface area contributed by atoms with E-state index >= 15 is 0 Å². The molecule has 9 nitrogen and oxygen atoms in total. The number of nitrogens with one attached hydrogen (secondary N) is 1. The zero-order valence-corrected chi connectivity index (χ0v) is 16.3. The third-order valence-electron chi connectivity index (χ3n) is 4.32. The van der Waals surface area contributed by atoms with Crippen molar-refractivity contribution in [2.45, 2.75) is 24.7 Å². The number of carbonyl (C=O) groups is 1. The van der Waals surface area contributed by atoms with Crippen molar-refractivity contribution < 1.29 is 22.5 Å². The molecule has 27 heavy (non-hydrogen) atoms. The highest BCUT2D eigenvalue weighted by Gasteiger charge is 2.34. The molecule has 1 amide bonds. The van der Waals surface area contributed by atoms with Gasteiger partial charge in [-0.15, -0.1) is 12.4 Å². The number of nitro groups is 1. The van der Waals surface area contributed by atoms with Crippen LogP contribution < -0.4 is 11.1 Å². The molecular weight excluding hydrogens is 403 g/mol. The van der Waals surface area contributed by atoms with Crippen LogP contribution in [-0.4, -0.2) is 49.7 Å².